The van der Waals surface area contributed by atoms with E-state index in [0.717, 1.165) is 37.3 Å². The van der Waals surface area contributed by atoms with Gasteiger partial charge in [-0.25, -0.2) is 4.98 Å². The van der Waals surface area contributed by atoms with E-state index in [0.29, 0.717) is 11.5 Å². The number of nitrogens with zero attached hydrogens (tertiary/aromatic N) is 3. The SMILES string of the molecule is Cc1ccnc(N2CCCC(CO)C2)c1C#N. The van der Waals surface area contributed by atoms with Gasteiger partial charge < -0.3 is 10.0 Å². The molecule has 4 nitrogen and oxygen atoms in total. The molecule has 0 amide bonds. The minimum absolute atomic E-state index is 0.213. The van der Waals surface area contributed by atoms with Gasteiger partial charge in [0.2, 0.25) is 0 Å². The molecule has 17 heavy (non-hydrogen) atoms. The van der Waals surface area contributed by atoms with Gasteiger partial charge >= 0.3 is 0 Å². The number of pyridine rings is 1. The van der Waals surface area contributed by atoms with E-state index in [1.165, 1.54) is 0 Å². The molecule has 90 valence electrons. The Morgan fingerprint density at radius 1 is 1.65 bits per heavy atom. The van der Waals surface area contributed by atoms with Crippen molar-refractivity contribution in [2.75, 3.05) is 24.6 Å². The molecule has 1 aliphatic rings. The molecule has 0 aromatic carbocycles. The Morgan fingerprint density at radius 3 is 3.18 bits per heavy atom. The van der Waals surface area contributed by atoms with Crippen LogP contribution in [-0.2, 0) is 0 Å². The van der Waals surface area contributed by atoms with Crippen LogP contribution >= 0.6 is 0 Å². The van der Waals surface area contributed by atoms with Crippen LogP contribution in [0.4, 0.5) is 5.82 Å². The Balaban J connectivity index is 2.28. The van der Waals surface area contributed by atoms with Crippen molar-refractivity contribution in [3.8, 4) is 6.07 Å². The fourth-order valence-electron chi connectivity index (χ4n) is 2.33. The summed E-state index contributed by atoms with van der Waals surface area (Å²) in [6, 6.07) is 4.08. The lowest BCUT2D eigenvalue weighted by Crippen LogP contribution is -2.37. The number of aliphatic hydroxyl groups excluding tert-OH is 1. The van der Waals surface area contributed by atoms with Crippen LogP contribution in [0.25, 0.3) is 0 Å². The first kappa shape index (κ1) is 11.9. The predicted molar refractivity (Wildman–Crippen MR) is 65.7 cm³/mol. The number of hydrogen-bond donors (Lipinski definition) is 1. The van der Waals surface area contributed by atoms with E-state index >= 15 is 0 Å². The van der Waals surface area contributed by atoms with Gasteiger partial charge in [-0.2, -0.15) is 5.26 Å². The summed E-state index contributed by atoms with van der Waals surface area (Å²) in [6.07, 6.45) is 3.85. The van der Waals surface area contributed by atoms with Gasteiger partial charge in [0.25, 0.3) is 0 Å². The lowest BCUT2D eigenvalue weighted by molar-refractivity contribution is 0.208. The highest BCUT2D eigenvalue weighted by Gasteiger charge is 2.22. The number of aromatic nitrogens is 1. The topological polar surface area (TPSA) is 60.1 Å². The fourth-order valence-corrected chi connectivity index (χ4v) is 2.33. The maximum atomic E-state index is 9.22. The van der Waals surface area contributed by atoms with Gasteiger partial charge in [0.05, 0.1) is 5.56 Å². The second-order valence-corrected chi connectivity index (χ2v) is 4.58. The van der Waals surface area contributed by atoms with Gasteiger partial charge in [-0.1, -0.05) is 0 Å². The number of hydrogen-bond acceptors (Lipinski definition) is 4. The molecule has 1 unspecified atom stereocenters. The molecule has 0 aliphatic carbocycles. The number of aryl methyl sites for hydroxylation is 1. The van der Waals surface area contributed by atoms with E-state index in [2.05, 4.69) is 16.0 Å². The van der Waals surface area contributed by atoms with E-state index in [-0.39, 0.29) is 6.61 Å². The molecular formula is C13H17N3O. The minimum atomic E-state index is 0.213. The van der Waals surface area contributed by atoms with Crippen molar-refractivity contribution in [2.24, 2.45) is 5.92 Å². The van der Waals surface area contributed by atoms with Crippen molar-refractivity contribution in [1.29, 1.82) is 5.26 Å². The van der Waals surface area contributed by atoms with Gasteiger partial charge in [0.1, 0.15) is 11.9 Å². The molecule has 1 aliphatic heterocycles. The maximum Gasteiger partial charge on any atom is 0.146 e. The molecule has 2 heterocycles. The summed E-state index contributed by atoms with van der Waals surface area (Å²) in [7, 11) is 0. The van der Waals surface area contributed by atoms with Crippen LogP contribution in [0.2, 0.25) is 0 Å². The Hall–Kier alpha value is -1.60. The second-order valence-electron chi connectivity index (χ2n) is 4.58. The number of nitriles is 1. The summed E-state index contributed by atoms with van der Waals surface area (Å²) in [4.78, 5) is 6.45. The largest absolute Gasteiger partial charge is 0.396 e. The predicted octanol–water partition coefficient (Wildman–Crippen LogP) is 1.47. The van der Waals surface area contributed by atoms with Crippen molar-refractivity contribution in [2.45, 2.75) is 19.8 Å². The van der Waals surface area contributed by atoms with E-state index in [4.69, 9.17) is 0 Å². The standard InChI is InChI=1S/C13H17N3O/c1-10-4-5-15-13(12(10)7-14)16-6-2-3-11(8-16)9-17/h4-5,11,17H,2-3,6,8-9H2,1H3. The molecule has 1 saturated heterocycles. The highest BCUT2D eigenvalue weighted by Crippen LogP contribution is 2.25. The summed E-state index contributed by atoms with van der Waals surface area (Å²) in [5, 5.41) is 18.4. The van der Waals surface area contributed by atoms with Crippen LogP contribution in [0.15, 0.2) is 12.3 Å². The minimum Gasteiger partial charge on any atom is -0.396 e. The summed E-state index contributed by atoms with van der Waals surface area (Å²) in [6.45, 7) is 3.85. The van der Waals surface area contributed by atoms with Crippen LogP contribution < -0.4 is 4.90 Å². The normalized spacial score (nSPS) is 20.1. The molecule has 2 rings (SSSR count). The highest BCUT2D eigenvalue weighted by atomic mass is 16.3. The van der Waals surface area contributed by atoms with Crippen molar-refractivity contribution >= 4 is 5.82 Å². The van der Waals surface area contributed by atoms with Gasteiger partial charge in [-0.05, 0) is 37.3 Å². The highest BCUT2D eigenvalue weighted by molar-refractivity contribution is 5.57. The van der Waals surface area contributed by atoms with Gasteiger partial charge in [0.15, 0.2) is 0 Å². The monoisotopic (exact) mass is 231 g/mol. The third-order valence-corrected chi connectivity index (χ3v) is 3.33. The summed E-state index contributed by atoms with van der Waals surface area (Å²) in [5.41, 5.74) is 1.62. The number of anilines is 1. The number of aliphatic hydroxyl groups is 1. The van der Waals surface area contributed by atoms with Crippen molar-refractivity contribution in [1.82, 2.24) is 4.98 Å². The van der Waals surface area contributed by atoms with Gasteiger partial charge in [-0.3, -0.25) is 0 Å². The van der Waals surface area contributed by atoms with E-state index < -0.39 is 0 Å². The molecule has 4 heteroatoms. The molecular weight excluding hydrogens is 214 g/mol. The smallest absolute Gasteiger partial charge is 0.146 e. The first-order valence-electron chi connectivity index (χ1n) is 5.97. The molecule has 0 spiro atoms. The zero-order chi connectivity index (χ0) is 12.3. The summed E-state index contributed by atoms with van der Waals surface area (Å²) >= 11 is 0. The molecule has 1 atom stereocenters. The van der Waals surface area contributed by atoms with Crippen LogP contribution in [-0.4, -0.2) is 29.8 Å². The number of rotatable bonds is 2. The molecule has 1 N–H and O–H groups in total. The average molecular weight is 231 g/mol. The Kier molecular flexibility index (Phi) is 3.60. The second kappa shape index (κ2) is 5.15. The third kappa shape index (κ3) is 2.40. The molecule has 1 aromatic heterocycles. The van der Waals surface area contributed by atoms with Crippen molar-refractivity contribution in [3.63, 3.8) is 0 Å². The fraction of sp³-hybridized carbons (Fsp3) is 0.538. The average Bonchev–Trinajstić information content (AvgIpc) is 2.38. The van der Waals surface area contributed by atoms with Crippen molar-refractivity contribution in [3.05, 3.63) is 23.4 Å². The summed E-state index contributed by atoms with van der Waals surface area (Å²) in [5.74, 6) is 1.07. The van der Waals surface area contributed by atoms with E-state index in [1.807, 2.05) is 13.0 Å². The maximum absolute atomic E-state index is 9.22. The van der Waals surface area contributed by atoms with Crippen LogP contribution in [0.5, 0.6) is 0 Å². The van der Waals surface area contributed by atoms with Gasteiger partial charge in [0, 0.05) is 25.9 Å². The van der Waals surface area contributed by atoms with Crippen LogP contribution in [0, 0.1) is 24.2 Å². The Morgan fingerprint density at radius 2 is 2.47 bits per heavy atom. The Labute approximate surface area is 102 Å². The van der Waals surface area contributed by atoms with E-state index in [1.54, 1.807) is 6.20 Å². The van der Waals surface area contributed by atoms with Crippen LogP contribution in [0.3, 0.4) is 0 Å². The molecule has 0 radical (unpaired) electrons. The lowest BCUT2D eigenvalue weighted by atomic mass is 9.98. The molecule has 1 fully saturated rings. The van der Waals surface area contributed by atoms with Gasteiger partial charge in [-0.15, -0.1) is 0 Å². The first-order chi connectivity index (χ1) is 8.26. The first-order valence-corrected chi connectivity index (χ1v) is 5.97. The zero-order valence-electron chi connectivity index (χ0n) is 10.1. The molecule has 1 aromatic rings. The van der Waals surface area contributed by atoms with E-state index in [9.17, 15) is 10.4 Å². The lowest BCUT2D eigenvalue weighted by Gasteiger charge is -2.33. The molecule has 0 bridgehead atoms. The molecule has 0 saturated carbocycles. The van der Waals surface area contributed by atoms with Crippen molar-refractivity contribution < 1.29 is 5.11 Å². The number of piperidine rings is 1. The van der Waals surface area contributed by atoms with Crippen LogP contribution in [0.1, 0.15) is 24.0 Å². The third-order valence-electron chi connectivity index (χ3n) is 3.33. The quantitative estimate of drug-likeness (QED) is 0.837. The summed E-state index contributed by atoms with van der Waals surface area (Å²) < 4.78 is 0. The Bertz CT molecular complexity index is 439. The zero-order valence-corrected chi connectivity index (χ0v) is 10.1.